The van der Waals surface area contributed by atoms with Gasteiger partial charge in [-0.15, -0.1) is 11.8 Å². The summed E-state index contributed by atoms with van der Waals surface area (Å²) in [4.78, 5) is 13.8. The number of rotatable bonds is 9. The van der Waals surface area contributed by atoms with Crippen molar-refractivity contribution in [3.63, 3.8) is 0 Å². The van der Waals surface area contributed by atoms with Gasteiger partial charge < -0.3 is 19.2 Å². The van der Waals surface area contributed by atoms with Gasteiger partial charge in [0.15, 0.2) is 5.76 Å². The number of carbonyl (C=O) groups excluding carboxylic acids is 1. The van der Waals surface area contributed by atoms with Crippen molar-refractivity contribution in [1.29, 1.82) is 0 Å². The molecule has 2 aromatic carbocycles. The molecule has 0 saturated heterocycles. The van der Waals surface area contributed by atoms with Gasteiger partial charge in [0, 0.05) is 11.4 Å². The predicted octanol–water partition coefficient (Wildman–Crippen LogP) is 6.17. The zero-order chi connectivity index (χ0) is 24.0. The number of hydrogen-bond acceptors (Lipinski definition) is 5. The zero-order valence-corrected chi connectivity index (χ0v) is 21.1. The molecule has 6 heteroatoms. The lowest BCUT2D eigenvalue weighted by molar-refractivity contribution is 0.0925. The molecule has 1 heterocycles. The Morgan fingerprint density at radius 2 is 1.82 bits per heavy atom. The van der Waals surface area contributed by atoms with Crippen LogP contribution in [0, 0.1) is 6.92 Å². The van der Waals surface area contributed by atoms with Crippen molar-refractivity contribution in [2.75, 3.05) is 20.8 Å². The number of nitrogens with one attached hydrogen (secondary N) is 1. The van der Waals surface area contributed by atoms with Crippen LogP contribution in [-0.4, -0.2) is 26.7 Å². The molecule has 3 aromatic rings. The van der Waals surface area contributed by atoms with Crippen molar-refractivity contribution >= 4 is 17.7 Å². The van der Waals surface area contributed by atoms with E-state index >= 15 is 0 Å². The molecule has 0 unspecified atom stereocenters. The lowest BCUT2D eigenvalue weighted by Crippen LogP contribution is -2.25. The highest BCUT2D eigenvalue weighted by molar-refractivity contribution is 7.98. The Bertz CT molecular complexity index is 1100. The first-order valence-electron chi connectivity index (χ1n) is 11.0. The van der Waals surface area contributed by atoms with Crippen molar-refractivity contribution < 1.29 is 18.7 Å². The second-order valence-corrected chi connectivity index (χ2v) is 9.99. The van der Waals surface area contributed by atoms with Gasteiger partial charge in [-0.25, -0.2) is 0 Å². The van der Waals surface area contributed by atoms with Crippen LogP contribution in [-0.2, 0) is 17.6 Å². The minimum absolute atomic E-state index is 0.105. The van der Waals surface area contributed by atoms with E-state index in [1.54, 1.807) is 32.0 Å². The number of ether oxygens (including phenoxy) is 2. The van der Waals surface area contributed by atoms with Crippen LogP contribution in [0.25, 0.3) is 0 Å². The summed E-state index contributed by atoms with van der Waals surface area (Å²) < 4.78 is 16.5. The molecule has 0 saturated carbocycles. The molecular formula is C27H33NO4S. The number of carbonyl (C=O) groups is 1. The van der Waals surface area contributed by atoms with Crippen molar-refractivity contribution in [3.8, 4) is 11.5 Å². The van der Waals surface area contributed by atoms with Gasteiger partial charge in [0.1, 0.15) is 17.3 Å². The van der Waals surface area contributed by atoms with Crippen LogP contribution < -0.4 is 14.8 Å². The topological polar surface area (TPSA) is 60.7 Å². The molecule has 0 fully saturated rings. The SMILES string of the molecule is COc1ccc(OC)c(CCNC(=O)c2ccc(CSc3cc(C(C)(C)C)ccc3C)o2)c1. The molecule has 3 rings (SSSR count). The maximum atomic E-state index is 12.5. The third-order valence-corrected chi connectivity index (χ3v) is 6.66. The Morgan fingerprint density at radius 1 is 1.03 bits per heavy atom. The maximum absolute atomic E-state index is 12.5. The van der Waals surface area contributed by atoms with E-state index in [0.717, 1.165) is 22.8 Å². The van der Waals surface area contributed by atoms with Gasteiger partial charge in [-0.05, 0) is 71.8 Å². The fourth-order valence-electron chi connectivity index (χ4n) is 3.42. The molecule has 0 aliphatic heterocycles. The number of aryl methyl sites for hydroxylation is 1. The number of thioether (sulfide) groups is 1. The first-order chi connectivity index (χ1) is 15.7. The number of benzene rings is 2. The largest absolute Gasteiger partial charge is 0.497 e. The van der Waals surface area contributed by atoms with Crippen LogP contribution in [0.2, 0.25) is 0 Å². The summed E-state index contributed by atoms with van der Waals surface area (Å²) in [6.45, 7) is 9.23. The van der Waals surface area contributed by atoms with Gasteiger partial charge in [0.25, 0.3) is 5.91 Å². The molecule has 0 aliphatic carbocycles. The summed E-state index contributed by atoms with van der Waals surface area (Å²) in [7, 11) is 3.26. The van der Waals surface area contributed by atoms with E-state index in [1.807, 2.05) is 24.3 Å². The molecule has 176 valence electrons. The Labute approximate surface area is 200 Å². The van der Waals surface area contributed by atoms with Crippen LogP contribution in [0.1, 0.15) is 53.8 Å². The van der Waals surface area contributed by atoms with E-state index in [1.165, 1.54) is 16.0 Å². The van der Waals surface area contributed by atoms with E-state index in [2.05, 4.69) is 51.2 Å². The van der Waals surface area contributed by atoms with Crippen LogP contribution in [0.3, 0.4) is 0 Å². The standard InChI is InChI=1S/C27H33NO4S/c1-18-7-8-20(27(2,3)4)16-25(18)33-17-22-10-12-24(32-22)26(29)28-14-13-19-15-21(30-5)9-11-23(19)31-6/h7-12,15-16H,13-14,17H2,1-6H3,(H,28,29). The van der Waals surface area contributed by atoms with E-state index in [9.17, 15) is 4.79 Å². The zero-order valence-electron chi connectivity index (χ0n) is 20.3. The average Bonchev–Trinajstić information content (AvgIpc) is 3.26. The molecule has 0 bridgehead atoms. The van der Waals surface area contributed by atoms with Crippen molar-refractivity contribution in [2.45, 2.75) is 50.2 Å². The van der Waals surface area contributed by atoms with Gasteiger partial charge in [0.2, 0.25) is 0 Å². The minimum Gasteiger partial charge on any atom is -0.497 e. The van der Waals surface area contributed by atoms with Gasteiger partial charge in [-0.1, -0.05) is 32.9 Å². The van der Waals surface area contributed by atoms with Crippen LogP contribution in [0.15, 0.2) is 57.8 Å². The summed E-state index contributed by atoms with van der Waals surface area (Å²) in [6.07, 6.45) is 0.624. The third-order valence-electron chi connectivity index (χ3n) is 5.48. The predicted molar refractivity (Wildman–Crippen MR) is 134 cm³/mol. The third kappa shape index (κ3) is 6.57. The van der Waals surface area contributed by atoms with Crippen molar-refractivity contribution in [1.82, 2.24) is 5.32 Å². The van der Waals surface area contributed by atoms with Gasteiger partial charge in [0.05, 0.1) is 20.0 Å². The van der Waals surface area contributed by atoms with Crippen LogP contribution in [0.4, 0.5) is 0 Å². The smallest absolute Gasteiger partial charge is 0.287 e. The van der Waals surface area contributed by atoms with E-state index in [0.29, 0.717) is 24.5 Å². The quantitative estimate of drug-likeness (QED) is 0.382. The molecule has 0 spiro atoms. The summed E-state index contributed by atoms with van der Waals surface area (Å²) >= 11 is 1.73. The van der Waals surface area contributed by atoms with E-state index < -0.39 is 0 Å². The average molecular weight is 468 g/mol. The number of furan rings is 1. The Balaban J connectivity index is 1.56. The Morgan fingerprint density at radius 3 is 2.52 bits per heavy atom. The van der Waals surface area contributed by atoms with E-state index in [-0.39, 0.29) is 11.3 Å². The molecule has 0 atom stereocenters. The fraction of sp³-hybridized carbons (Fsp3) is 0.370. The first-order valence-corrected chi connectivity index (χ1v) is 12.0. The molecule has 1 amide bonds. The lowest BCUT2D eigenvalue weighted by Gasteiger charge is -2.20. The van der Waals surface area contributed by atoms with Crippen molar-refractivity contribution in [2.24, 2.45) is 0 Å². The summed E-state index contributed by atoms with van der Waals surface area (Å²) in [5.41, 5.74) is 3.63. The van der Waals surface area contributed by atoms with Crippen molar-refractivity contribution in [3.05, 3.63) is 76.7 Å². The fourth-order valence-corrected chi connectivity index (χ4v) is 4.38. The Kier molecular flexibility index (Phi) is 8.14. The molecule has 1 N–H and O–H groups in total. The van der Waals surface area contributed by atoms with Crippen LogP contribution >= 0.6 is 11.8 Å². The highest BCUT2D eigenvalue weighted by Gasteiger charge is 2.16. The molecular weight excluding hydrogens is 434 g/mol. The maximum Gasteiger partial charge on any atom is 0.287 e. The first kappa shape index (κ1) is 24.8. The number of hydrogen-bond donors (Lipinski definition) is 1. The van der Waals surface area contributed by atoms with E-state index in [4.69, 9.17) is 13.9 Å². The summed E-state index contributed by atoms with van der Waals surface area (Å²) in [5.74, 6) is 3.08. The van der Waals surface area contributed by atoms with Gasteiger partial charge >= 0.3 is 0 Å². The van der Waals surface area contributed by atoms with Gasteiger partial charge in [-0.2, -0.15) is 0 Å². The van der Waals surface area contributed by atoms with Crippen LogP contribution in [0.5, 0.6) is 11.5 Å². The second-order valence-electron chi connectivity index (χ2n) is 8.97. The number of amides is 1. The molecule has 1 aromatic heterocycles. The summed E-state index contributed by atoms with van der Waals surface area (Å²) in [6, 6.07) is 15.9. The monoisotopic (exact) mass is 467 g/mol. The minimum atomic E-state index is -0.223. The number of methoxy groups -OCH3 is 2. The lowest BCUT2D eigenvalue weighted by atomic mass is 9.87. The highest BCUT2D eigenvalue weighted by Crippen LogP contribution is 2.32. The summed E-state index contributed by atoms with van der Waals surface area (Å²) in [5, 5.41) is 2.92. The molecule has 33 heavy (non-hydrogen) atoms. The van der Waals surface area contributed by atoms with Gasteiger partial charge in [-0.3, -0.25) is 4.79 Å². The second kappa shape index (κ2) is 10.8. The molecule has 0 radical (unpaired) electrons. The molecule has 5 nitrogen and oxygen atoms in total. The normalized spacial score (nSPS) is 11.3. The molecule has 0 aliphatic rings. The Hall–Kier alpha value is -2.86. The highest BCUT2D eigenvalue weighted by atomic mass is 32.2.